The Morgan fingerprint density at radius 3 is 2.40 bits per heavy atom. The minimum atomic E-state index is -3.65. The zero-order valence-corrected chi connectivity index (χ0v) is 17.9. The van der Waals surface area contributed by atoms with E-state index in [1.54, 1.807) is 24.3 Å². The minimum absolute atomic E-state index is 0.0530. The second kappa shape index (κ2) is 9.46. The van der Waals surface area contributed by atoms with E-state index in [9.17, 15) is 18.0 Å². The number of carbonyl (C=O) groups excluding carboxylic acids is 2. The SMILES string of the molecule is COC(=O)Nc1ccc(CNC(=O)c2cc(S(=O)(=O)N3CCCC3)ccc2Cl)cc1. The maximum atomic E-state index is 12.7. The molecule has 0 unspecified atom stereocenters. The number of methoxy groups -OCH3 is 1. The molecule has 0 spiro atoms. The van der Waals surface area contributed by atoms with Crippen LogP contribution in [0.1, 0.15) is 28.8 Å². The zero-order valence-electron chi connectivity index (χ0n) is 16.4. The van der Waals surface area contributed by atoms with Crippen molar-refractivity contribution in [3.05, 3.63) is 58.6 Å². The molecule has 0 saturated carbocycles. The minimum Gasteiger partial charge on any atom is -0.453 e. The molecular formula is C20H22ClN3O5S. The van der Waals surface area contributed by atoms with E-state index in [1.807, 2.05) is 0 Å². The van der Waals surface area contributed by atoms with E-state index in [0.717, 1.165) is 18.4 Å². The van der Waals surface area contributed by atoms with E-state index in [2.05, 4.69) is 15.4 Å². The Morgan fingerprint density at radius 1 is 1.10 bits per heavy atom. The molecule has 0 atom stereocenters. The third-order valence-electron chi connectivity index (χ3n) is 4.72. The van der Waals surface area contributed by atoms with Crippen LogP contribution in [0.5, 0.6) is 0 Å². The maximum absolute atomic E-state index is 12.7. The highest BCUT2D eigenvalue weighted by atomic mass is 35.5. The van der Waals surface area contributed by atoms with Gasteiger partial charge in [0.2, 0.25) is 10.0 Å². The number of halogens is 1. The number of benzene rings is 2. The Bertz CT molecular complexity index is 1030. The number of rotatable bonds is 6. The molecule has 1 fully saturated rings. The number of anilines is 1. The van der Waals surface area contributed by atoms with Gasteiger partial charge in [-0.3, -0.25) is 10.1 Å². The van der Waals surface area contributed by atoms with Crippen molar-refractivity contribution in [2.45, 2.75) is 24.3 Å². The molecule has 3 rings (SSSR count). The van der Waals surface area contributed by atoms with Crippen molar-refractivity contribution in [3.63, 3.8) is 0 Å². The summed E-state index contributed by atoms with van der Waals surface area (Å²) in [6, 6.07) is 11.0. The van der Waals surface area contributed by atoms with Crippen molar-refractivity contribution in [2.75, 3.05) is 25.5 Å². The lowest BCUT2D eigenvalue weighted by molar-refractivity contribution is 0.0951. The van der Waals surface area contributed by atoms with E-state index in [-0.39, 0.29) is 22.0 Å². The van der Waals surface area contributed by atoms with Crippen LogP contribution in [0.25, 0.3) is 0 Å². The molecule has 1 aliphatic heterocycles. The summed E-state index contributed by atoms with van der Waals surface area (Å²) in [5.41, 5.74) is 1.44. The van der Waals surface area contributed by atoms with Crippen molar-refractivity contribution in [1.82, 2.24) is 9.62 Å². The van der Waals surface area contributed by atoms with Gasteiger partial charge in [0.25, 0.3) is 5.91 Å². The average Bonchev–Trinajstić information content (AvgIpc) is 3.29. The van der Waals surface area contributed by atoms with Gasteiger partial charge in [-0.2, -0.15) is 4.31 Å². The summed E-state index contributed by atoms with van der Waals surface area (Å²) < 4.78 is 31.4. The molecule has 2 N–H and O–H groups in total. The van der Waals surface area contributed by atoms with E-state index in [0.29, 0.717) is 18.8 Å². The number of nitrogens with one attached hydrogen (secondary N) is 2. The highest BCUT2D eigenvalue weighted by Gasteiger charge is 2.28. The molecule has 160 valence electrons. The van der Waals surface area contributed by atoms with Crippen LogP contribution in [0.4, 0.5) is 10.5 Å². The summed E-state index contributed by atoms with van der Waals surface area (Å²) in [6.45, 7) is 1.16. The molecule has 2 aromatic rings. The predicted octanol–water partition coefficient (Wildman–Crippen LogP) is 3.23. The predicted molar refractivity (Wildman–Crippen MR) is 113 cm³/mol. The molecule has 1 saturated heterocycles. The first-order valence-electron chi connectivity index (χ1n) is 9.33. The highest BCUT2D eigenvalue weighted by Crippen LogP contribution is 2.25. The standard InChI is InChI=1S/C20H22ClN3O5S/c1-29-20(26)23-15-6-4-14(5-7-15)13-22-19(25)17-12-16(8-9-18(17)21)30(27,28)24-10-2-3-11-24/h4-9,12H,2-3,10-11,13H2,1H3,(H,22,25)(H,23,26). The van der Waals surface area contributed by atoms with Crippen molar-refractivity contribution in [2.24, 2.45) is 0 Å². The number of ether oxygens (including phenoxy) is 1. The van der Waals surface area contributed by atoms with Gasteiger partial charge < -0.3 is 10.1 Å². The molecule has 0 radical (unpaired) electrons. The smallest absolute Gasteiger partial charge is 0.411 e. The maximum Gasteiger partial charge on any atom is 0.411 e. The fourth-order valence-corrected chi connectivity index (χ4v) is 4.82. The number of nitrogens with zero attached hydrogens (tertiary/aromatic N) is 1. The Morgan fingerprint density at radius 2 is 1.77 bits per heavy atom. The molecule has 10 heteroatoms. The lowest BCUT2D eigenvalue weighted by Gasteiger charge is -2.16. The molecule has 0 aliphatic carbocycles. The fraction of sp³-hybridized carbons (Fsp3) is 0.300. The normalized spacial score (nSPS) is 14.3. The molecule has 1 heterocycles. The summed E-state index contributed by atoms with van der Waals surface area (Å²) in [7, 11) is -2.37. The zero-order chi connectivity index (χ0) is 21.7. The number of hydrogen-bond donors (Lipinski definition) is 2. The fourth-order valence-electron chi connectivity index (χ4n) is 3.07. The highest BCUT2D eigenvalue weighted by molar-refractivity contribution is 7.89. The Labute approximate surface area is 180 Å². The molecule has 8 nitrogen and oxygen atoms in total. The van der Waals surface area contributed by atoms with Gasteiger partial charge in [-0.25, -0.2) is 13.2 Å². The van der Waals surface area contributed by atoms with Crippen LogP contribution in [0.15, 0.2) is 47.4 Å². The van der Waals surface area contributed by atoms with Crippen LogP contribution < -0.4 is 10.6 Å². The van der Waals surface area contributed by atoms with Crippen LogP contribution in [0, 0.1) is 0 Å². The van der Waals surface area contributed by atoms with Gasteiger partial charge in [0, 0.05) is 25.3 Å². The van der Waals surface area contributed by atoms with Crippen LogP contribution in [-0.4, -0.2) is 44.9 Å². The summed E-state index contributed by atoms with van der Waals surface area (Å²) >= 11 is 6.14. The third-order valence-corrected chi connectivity index (χ3v) is 6.95. The molecular weight excluding hydrogens is 430 g/mol. The average molecular weight is 452 g/mol. The number of amides is 2. The van der Waals surface area contributed by atoms with Crippen molar-refractivity contribution < 1.29 is 22.7 Å². The second-order valence-corrected chi connectivity index (χ2v) is 9.09. The molecule has 1 aliphatic rings. The van der Waals surface area contributed by atoms with E-state index in [1.165, 1.54) is 29.6 Å². The quantitative estimate of drug-likeness (QED) is 0.701. The lowest BCUT2D eigenvalue weighted by atomic mass is 10.2. The largest absolute Gasteiger partial charge is 0.453 e. The molecule has 0 bridgehead atoms. The summed E-state index contributed by atoms with van der Waals surface area (Å²) in [5, 5.41) is 5.44. The van der Waals surface area contributed by atoms with Crippen LogP contribution in [0.3, 0.4) is 0 Å². The Hall–Kier alpha value is -2.62. The summed E-state index contributed by atoms with van der Waals surface area (Å²) in [5.74, 6) is -0.477. The molecule has 2 aromatic carbocycles. The van der Waals surface area contributed by atoms with Gasteiger partial charge in [-0.1, -0.05) is 23.7 Å². The molecule has 0 aromatic heterocycles. The van der Waals surface area contributed by atoms with Crippen molar-refractivity contribution >= 4 is 39.3 Å². The molecule has 2 amide bonds. The number of sulfonamides is 1. The van der Waals surface area contributed by atoms with Crippen LogP contribution in [-0.2, 0) is 21.3 Å². The van der Waals surface area contributed by atoms with E-state index >= 15 is 0 Å². The first-order valence-corrected chi connectivity index (χ1v) is 11.1. The second-order valence-electron chi connectivity index (χ2n) is 6.75. The van der Waals surface area contributed by atoms with Gasteiger partial charge in [0.05, 0.1) is 22.6 Å². The van der Waals surface area contributed by atoms with Crippen molar-refractivity contribution in [3.8, 4) is 0 Å². The van der Waals surface area contributed by atoms with Gasteiger partial charge in [0.15, 0.2) is 0 Å². The third kappa shape index (κ3) is 5.10. The van der Waals surface area contributed by atoms with E-state index in [4.69, 9.17) is 11.6 Å². The monoisotopic (exact) mass is 451 g/mol. The summed E-state index contributed by atoms with van der Waals surface area (Å²) in [4.78, 5) is 23.9. The topological polar surface area (TPSA) is 105 Å². The van der Waals surface area contributed by atoms with Gasteiger partial charge in [0.1, 0.15) is 0 Å². The first-order chi connectivity index (χ1) is 14.3. The van der Waals surface area contributed by atoms with Crippen LogP contribution in [0.2, 0.25) is 5.02 Å². The Balaban J connectivity index is 1.69. The van der Waals surface area contributed by atoms with Crippen LogP contribution >= 0.6 is 11.6 Å². The van der Waals surface area contributed by atoms with Gasteiger partial charge in [-0.15, -0.1) is 0 Å². The van der Waals surface area contributed by atoms with E-state index < -0.39 is 22.0 Å². The first kappa shape index (κ1) is 22.1. The Kier molecular flexibility index (Phi) is 6.96. The lowest BCUT2D eigenvalue weighted by Crippen LogP contribution is -2.28. The number of carbonyl (C=O) groups is 2. The number of hydrogen-bond acceptors (Lipinski definition) is 5. The van der Waals surface area contributed by atoms with Gasteiger partial charge >= 0.3 is 6.09 Å². The van der Waals surface area contributed by atoms with Gasteiger partial charge in [-0.05, 0) is 48.7 Å². The molecule has 30 heavy (non-hydrogen) atoms. The van der Waals surface area contributed by atoms with Crippen molar-refractivity contribution in [1.29, 1.82) is 0 Å². The summed E-state index contributed by atoms with van der Waals surface area (Å²) in [6.07, 6.45) is 1.08.